The number of alkyl halides is 1. The van der Waals surface area contributed by atoms with Crippen LogP contribution in [-0.4, -0.2) is 9.78 Å². The zero-order valence-corrected chi connectivity index (χ0v) is 8.59. The lowest BCUT2D eigenvalue weighted by Crippen LogP contribution is -2.21. The Kier molecular flexibility index (Phi) is 2.44. The molecule has 0 amide bonds. The Morgan fingerprint density at radius 3 is 2.57 bits per heavy atom. The number of fused-ring (bicyclic) bond motifs is 1. The molecule has 0 spiro atoms. The molecule has 14 heavy (non-hydrogen) atoms. The highest BCUT2D eigenvalue weighted by molar-refractivity contribution is 6.34. The van der Waals surface area contributed by atoms with Crippen LogP contribution >= 0.6 is 23.2 Å². The monoisotopic (exact) mass is 228 g/mol. The molecule has 0 aliphatic rings. The summed E-state index contributed by atoms with van der Waals surface area (Å²) in [5.41, 5.74) is -0.222. The summed E-state index contributed by atoms with van der Waals surface area (Å²) in [5, 5.41) is 5.34. The number of benzene rings is 1. The molecule has 2 rings (SSSR count). The first-order valence-corrected chi connectivity index (χ1v) is 4.86. The summed E-state index contributed by atoms with van der Waals surface area (Å²) in [4.78, 5) is 11.7. The third-order valence-corrected chi connectivity index (χ3v) is 2.44. The van der Waals surface area contributed by atoms with Crippen molar-refractivity contribution in [2.24, 2.45) is 0 Å². The van der Waals surface area contributed by atoms with Gasteiger partial charge in [-0.3, -0.25) is 4.79 Å². The van der Waals surface area contributed by atoms with Gasteiger partial charge in [0.05, 0.1) is 5.39 Å². The Balaban J connectivity index is 2.95. The van der Waals surface area contributed by atoms with Crippen molar-refractivity contribution in [3.8, 4) is 0 Å². The molecule has 1 aromatic carbocycles. The third-order valence-electron chi connectivity index (χ3n) is 1.94. The van der Waals surface area contributed by atoms with E-state index in [0.717, 1.165) is 4.68 Å². The van der Waals surface area contributed by atoms with E-state index in [9.17, 15) is 4.79 Å². The zero-order chi connectivity index (χ0) is 10.1. The van der Waals surface area contributed by atoms with E-state index in [0.29, 0.717) is 15.9 Å². The molecule has 1 aromatic heterocycles. The molecule has 1 heterocycles. The van der Waals surface area contributed by atoms with E-state index in [2.05, 4.69) is 5.10 Å². The lowest BCUT2D eigenvalue weighted by Gasteiger charge is -2.03. The van der Waals surface area contributed by atoms with Crippen molar-refractivity contribution in [3.63, 3.8) is 0 Å². The Morgan fingerprint density at radius 2 is 1.93 bits per heavy atom. The first-order chi connectivity index (χ1) is 6.74. The van der Waals surface area contributed by atoms with Crippen LogP contribution in [0.4, 0.5) is 0 Å². The van der Waals surface area contributed by atoms with Crippen LogP contribution in [0.15, 0.2) is 29.1 Å². The van der Waals surface area contributed by atoms with E-state index in [1.807, 2.05) is 0 Å². The van der Waals surface area contributed by atoms with Crippen LogP contribution in [0.1, 0.15) is 0 Å². The van der Waals surface area contributed by atoms with E-state index < -0.39 is 0 Å². The largest absolute Gasteiger partial charge is 0.275 e. The summed E-state index contributed by atoms with van der Waals surface area (Å²) in [5.74, 6) is 0. The lowest BCUT2D eigenvalue weighted by molar-refractivity contribution is 0.698. The molecule has 0 atom stereocenters. The topological polar surface area (TPSA) is 34.9 Å². The summed E-state index contributed by atoms with van der Waals surface area (Å²) in [6, 6.07) is 7.04. The molecule has 0 saturated heterocycles. The number of nitrogens with zero attached hydrogens (tertiary/aromatic N) is 2. The standard InChI is InChI=1S/C9H6Cl2N2O/c10-5-13-9(14)7-4-2-1-3-6(7)8(11)12-13/h1-4H,5H2. The number of aromatic nitrogens is 2. The van der Waals surface area contributed by atoms with Crippen LogP contribution in [0.25, 0.3) is 10.8 Å². The van der Waals surface area contributed by atoms with Crippen molar-refractivity contribution in [3.05, 3.63) is 39.8 Å². The second-order valence-corrected chi connectivity index (χ2v) is 3.36. The molecular weight excluding hydrogens is 223 g/mol. The van der Waals surface area contributed by atoms with Gasteiger partial charge in [0.15, 0.2) is 5.15 Å². The van der Waals surface area contributed by atoms with Crippen molar-refractivity contribution < 1.29 is 0 Å². The SMILES string of the molecule is O=c1c2ccccc2c(Cl)nn1CCl. The molecule has 0 bridgehead atoms. The Morgan fingerprint density at radius 1 is 1.29 bits per heavy atom. The van der Waals surface area contributed by atoms with Crippen LogP contribution in [0.5, 0.6) is 0 Å². The van der Waals surface area contributed by atoms with Gasteiger partial charge in [0.2, 0.25) is 0 Å². The van der Waals surface area contributed by atoms with Crippen molar-refractivity contribution in [2.75, 3.05) is 0 Å². The molecule has 0 N–H and O–H groups in total. The summed E-state index contributed by atoms with van der Waals surface area (Å²) in [6.07, 6.45) is 0. The minimum atomic E-state index is -0.222. The van der Waals surface area contributed by atoms with Crippen molar-refractivity contribution in [2.45, 2.75) is 6.00 Å². The molecule has 0 saturated carbocycles. The predicted molar refractivity (Wildman–Crippen MR) is 56.9 cm³/mol. The molecule has 0 radical (unpaired) electrons. The number of hydrogen-bond acceptors (Lipinski definition) is 2. The van der Waals surface area contributed by atoms with E-state index in [-0.39, 0.29) is 11.6 Å². The van der Waals surface area contributed by atoms with E-state index in [1.165, 1.54) is 0 Å². The fraction of sp³-hybridized carbons (Fsp3) is 0.111. The molecule has 0 unspecified atom stereocenters. The highest BCUT2D eigenvalue weighted by Crippen LogP contribution is 2.17. The van der Waals surface area contributed by atoms with Gasteiger partial charge in [-0.05, 0) is 6.07 Å². The van der Waals surface area contributed by atoms with Gasteiger partial charge in [-0.2, -0.15) is 5.10 Å². The zero-order valence-electron chi connectivity index (χ0n) is 7.08. The van der Waals surface area contributed by atoms with Gasteiger partial charge in [-0.1, -0.05) is 29.8 Å². The smallest absolute Gasteiger partial charge is 0.267 e. The number of hydrogen-bond donors (Lipinski definition) is 0. The van der Waals surface area contributed by atoms with E-state index >= 15 is 0 Å². The minimum absolute atomic E-state index is 0.00336. The normalized spacial score (nSPS) is 10.7. The Labute approximate surface area is 89.9 Å². The fourth-order valence-electron chi connectivity index (χ4n) is 1.27. The van der Waals surface area contributed by atoms with Crippen molar-refractivity contribution in [1.29, 1.82) is 0 Å². The quantitative estimate of drug-likeness (QED) is 0.703. The molecule has 72 valence electrons. The highest BCUT2D eigenvalue weighted by atomic mass is 35.5. The minimum Gasteiger partial charge on any atom is -0.267 e. The molecule has 2 aromatic rings. The van der Waals surface area contributed by atoms with Gasteiger partial charge < -0.3 is 0 Å². The van der Waals surface area contributed by atoms with Crippen LogP contribution in [-0.2, 0) is 6.00 Å². The predicted octanol–water partition coefficient (Wildman–Crippen LogP) is 2.25. The van der Waals surface area contributed by atoms with Gasteiger partial charge in [-0.25, -0.2) is 4.68 Å². The van der Waals surface area contributed by atoms with Gasteiger partial charge in [0, 0.05) is 5.39 Å². The fourth-order valence-corrected chi connectivity index (χ4v) is 1.69. The van der Waals surface area contributed by atoms with Crippen LogP contribution < -0.4 is 5.56 Å². The lowest BCUT2D eigenvalue weighted by atomic mass is 10.2. The maximum absolute atomic E-state index is 11.7. The van der Waals surface area contributed by atoms with Crippen molar-refractivity contribution in [1.82, 2.24) is 9.78 Å². The Bertz CT molecular complexity index is 536. The van der Waals surface area contributed by atoms with Crippen LogP contribution in [0, 0.1) is 0 Å². The molecule has 0 aliphatic carbocycles. The first kappa shape index (κ1) is 9.49. The second kappa shape index (κ2) is 3.59. The number of rotatable bonds is 1. The maximum atomic E-state index is 11.7. The van der Waals surface area contributed by atoms with Gasteiger partial charge >= 0.3 is 0 Å². The maximum Gasteiger partial charge on any atom is 0.275 e. The number of halogens is 2. The molecule has 0 fully saturated rings. The third kappa shape index (κ3) is 1.38. The average molecular weight is 229 g/mol. The van der Waals surface area contributed by atoms with Gasteiger partial charge in [0.1, 0.15) is 6.00 Å². The van der Waals surface area contributed by atoms with E-state index in [1.54, 1.807) is 24.3 Å². The highest BCUT2D eigenvalue weighted by Gasteiger charge is 2.06. The van der Waals surface area contributed by atoms with E-state index in [4.69, 9.17) is 23.2 Å². The molecule has 5 heteroatoms. The van der Waals surface area contributed by atoms with Crippen LogP contribution in [0.3, 0.4) is 0 Å². The second-order valence-electron chi connectivity index (χ2n) is 2.76. The summed E-state index contributed by atoms with van der Waals surface area (Å²) in [7, 11) is 0. The molecule has 0 aliphatic heterocycles. The average Bonchev–Trinajstić information content (AvgIpc) is 2.23. The van der Waals surface area contributed by atoms with Crippen LogP contribution in [0.2, 0.25) is 5.15 Å². The summed E-state index contributed by atoms with van der Waals surface area (Å²) >= 11 is 11.4. The van der Waals surface area contributed by atoms with Gasteiger partial charge in [0.25, 0.3) is 5.56 Å². The van der Waals surface area contributed by atoms with Gasteiger partial charge in [-0.15, -0.1) is 11.6 Å². The Hall–Kier alpha value is -1.06. The first-order valence-electron chi connectivity index (χ1n) is 3.95. The molecular formula is C9H6Cl2N2O. The van der Waals surface area contributed by atoms with Crippen molar-refractivity contribution >= 4 is 34.0 Å². The molecule has 3 nitrogen and oxygen atoms in total. The summed E-state index contributed by atoms with van der Waals surface area (Å²) in [6.45, 7) is 0. The summed E-state index contributed by atoms with van der Waals surface area (Å²) < 4.78 is 1.13.